The molecule has 5 heteroatoms. The fourth-order valence-electron chi connectivity index (χ4n) is 1.46. The zero-order valence-electron chi connectivity index (χ0n) is 10.2. The molecule has 0 aromatic heterocycles. The third kappa shape index (κ3) is 3.35. The Hall–Kier alpha value is -1.26. The lowest BCUT2D eigenvalue weighted by atomic mass is 10.1. The number of hydrogen-bond donors (Lipinski definition) is 1. The molecule has 0 fully saturated rings. The highest BCUT2D eigenvalue weighted by Crippen LogP contribution is 2.20. The number of likely N-dealkylation sites (N-methyl/N-ethyl adjacent to an activating group) is 1. The van der Waals surface area contributed by atoms with Crippen LogP contribution in [0, 0.1) is 0 Å². The summed E-state index contributed by atoms with van der Waals surface area (Å²) in [6.07, 6.45) is 0. The number of halogens is 1. The first-order valence-corrected chi connectivity index (χ1v) is 5.66. The van der Waals surface area contributed by atoms with Gasteiger partial charge in [0, 0.05) is 24.9 Å². The van der Waals surface area contributed by atoms with Gasteiger partial charge < -0.3 is 15.4 Å². The predicted molar refractivity (Wildman–Crippen MR) is 69.3 cm³/mol. The molecule has 2 N–H and O–H groups in total. The van der Waals surface area contributed by atoms with E-state index >= 15 is 0 Å². The molecule has 0 aliphatic rings. The van der Waals surface area contributed by atoms with Gasteiger partial charge in [-0.05, 0) is 25.1 Å². The van der Waals surface area contributed by atoms with E-state index in [9.17, 15) is 4.79 Å². The molecule has 1 amide bonds. The molecule has 0 heterocycles. The molecule has 0 aliphatic carbocycles. The summed E-state index contributed by atoms with van der Waals surface area (Å²) in [7, 11) is 3.31. The van der Waals surface area contributed by atoms with Gasteiger partial charge in [0.25, 0.3) is 5.91 Å². The average Bonchev–Trinajstić information content (AvgIpc) is 2.30. The van der Waals surface area contributed by atoms with Crippen molar-refractivity contribution < 1.29 is 9.53 Å². The highest BCUT2D eigenvalue weighted by molar-refractivity contribution is 6.31. The molecule has 17 heavy (non-hydrogen) atoms. The van der Waals surface area contributed by atoms with Gasteiger partial charge in [0.15, 0.2) is 0 Å². The number of carbonyl (C=O) groups excluding carboxylic acids is 1. The van der Waals surface area contributed by atoms with E-state index in [1.165, 1.54) is 0 Å². The number of rotatable bonds is 4. The number of anilines is 1. The van der Waals surface area contributed by atoms with Crippen molar-refractivity contribution in [3.63, 3.8) is 0 Å². The third-order valence-corrected chi connectivity index (χ3v) is 2.87. The average molecular weight is 257 g/mol. The third-order valence-electron chi connectivity index (χ3n) is 2.64. The fraction of sp³-hybridized carbons (Fsp3) is 0.417. The second-order valence-corrected chi connectivity index (χ2v) is 4.39. The van der Waals surface area contributed by atoms with E-state index in [0.717, 1.165) is 0 Å². The summed E-state index contributed by atoms with van der Waals surface area (Å²) >= 11 is 5.86. The van der Waals surface area contributed by atoms with Gasteiger partial charge in [0.2, 0.25) is 0 Å². The maximum absolute atomic E-state index is 12.2. The number of nitrogen functional groups attached to an aromatic ring is 1. The van der Waals surface area contributed by atoms with Crippen LogP contribution in [0.4, 0.5) is 5.69 Å². The Kier molecular flexibility index (Phi) is 4.78. The van der Waals surface area contributed by atoms with Crippen LogP contribution in [-0.2, 0) is 4.74 Å². The molecule has 0 aliphatic heterocycles. The van der Waals surface area contributed by atoms with Crippen LogP contribution in [0.3, 0.4) is 0 Å². The summed E-state index contributed by atoms with van der Waals surface area (Å²) in [4.78, 5) is 13.8. The van der Waals surface area contributed by atoms with Crippen molar-refractivity contribution in [2.75, 3.05) is 26.5 Å². The predicted octanol–water partition coefficient (Wildman–Crippen LogP) is 2.03. The number of hydrogen-bond acceptors (Lipinski definition) is 3. The van der Waals surface area contributed by atoms with E-state index < -0.39 is 0 Å². The first-order valence-electron chi connectivity index (χ1n) is 5.28. The van der Waals surface area contributed by atoms with E-state index in [1.54, 1.807) is 37.3 Å². The second kappa shape index (κ2) is 5.89. The standard InChI is InChI=1S/C12H17ClN2O2/c1-8(7-17-3)15(2)12(16)10-6-9(13)4-5-11(10)14/h4-6,8H,7,14H2,1-3H3. The summed E-state index contributed by atoms with van der Waals surface area (Å²) < 4.78 is 5.01. The lowest BCUT2D eigenvalue weighted by Crippen LogP contribution is -2.38. The van der Waals surface area contributed by atoms with E-state index in [2.05, 4.69) is 0 Å². The van der Waals surface area contributed by atoms with E-state index in [4.69, 9.17) is 22.1 Å². The van der Waals surface area contributed by atoms with E-state index in [0.29, 0.717) is 22.9 Å². The van der Waals surface area contributed by atoms with Crippen molar-refractivity contribution in [1.29, 1.82) is 0 Å². The van der Waals surface area contributed by atoms with Gasteiger partial charge in [0.1, 0.15) is 0 Å². The molecular weight excluding hydrogens is 240 g/mol. The number of amides is 1. The highest BCUT2D eigenvalue weighted by atomic mass is 35.5. The van der Waals surface area contributed by atoms with Gasteiger partial charge >= 0.3 is 0 Å². The van der Waals surface area contributed by atoms with Crippen molar-refractivity contribution in [3.8, 4) is 0 Å². The molecule has 1 aromatic rings. The number of benzene rings is 1. The summed E-state index contributed by atoms with van der Waals surface area (Å²) in [6.45, 7) is 2.38. The van der Waals surface area contributed by atoms with Crippen LogP contribution in [0.1, 0.15) is 17.3 Å². The van der Waals surface area contributed by atoms with Gasteiger partial charge in [-0.25, -0.2) is 0 Å². The molecule has 1 unspecified atom stereocenters. The Bertz CT molecular complexity index is 409. The lowest BCUT2D eigenvalue weighted by molar-refractivity contribution is 0.0634. The van der Waals surface area contributed by atoms with Crippen molar-refractivity contribution >= 4 is 23.2 Å². The van der Waals surface area contributed by atoms with Crippen LogP contribution in [0.25, 0.3) is 0 Å². The van der Waals surface area contributed by atoms with Gasteiger partial charge in [0.05, 0.1) is 18.2 Å². The zero-order chi connectivity index (χ0) is 13.0. The minimum absolute atomic E-state index is 0.0223. The minimum Gasteiger partial charge on any atom is -0.398 e. The number of ether oxygens (including phenoxy) is 1. The topological polar surface area (TPSA) is 55.6 Å². The SMILES string of the molecule is COCC(C)N(C)C(=O)c1cc(Cl)ccc1N. The van der Waals surface area contributed by atoms with Crippen LogP contribution < -0.4 is 5.73 Å². The molecule has 1 rings (SSSR count). The summed E-state index contributed by atoms with van der Waals surface area (Å²) in [6, 6.07) is 4.84. The Balaban J connectivity index is 2.92. The van der Waals surface area contributed by atoms with E-state index in [1.807, 2.05) is 6.92 Å². The quantitative estimate of drug-likeness (QED) is 0.839. The van der Waals surface area contributed by atoms with Crippen molar-refractivity contribution in [2.45, 2.75) is 13.0 Å². The van der Waals surface area contributed by atoms with Crippen LogP contribution in [0.5, 0.6) is 0 Å². The number of carbonyl (C=O) groups is 1. The fourth-order valence-corrected chi connectivity index (χ4v) is 1.63. The van der Waals surface area contributed by atoms with Crippen molar-refractivity contribution in [1.82, 2.24) is 4.90 Å². The summed E-state index contributed by atoms with van der Waals surface area (Å²) in [5, 5.41) is 0.496. The summed E-state index contributed by atoms with van der Waals surface area (Å²) in [5.41, 5.74) is 6.61. The molecule has 1 aromatic carbocycles. The minimum atomic E-state index is -0.158. The Morgan fingerprint density at radius 1 is 1.59 bits per heavy atom. The summed E-state index contributed by atoms with van der Waals surface area (Å²) in [5.74, 6) is -0.158. The normalized spacial score (nSPS) is 12.2. The molecule has 0 bridgehead atoms. The highest BCUT2D eigenvalue weighted by Gasteiger charge is 2.19. The molecule has 94 valence electrons. The molecule has 1 atom stereocenters. The molecule has 0 saturated heterocycles. The van der Waals surface area contributed by atoms with Crippen LogP contribution in [-0.4, -0.2) is 37.6 Å². The lowest BCUT2D eigenvalue weighted by Gasteiger charge is -2.24. The van der Waals surface area contributed by atoms with Crippen LogP contribution in [0.2, 0.25) is 5.02 Å². The molecular formula is C12H17ClN2O2. The van der Waals surface area contributed by atoms with Gasteiger partial charge in [-0.1, -0.05) is 11.6 Å². The zero-order valence-corrected chi connectivity index (χ0v) is 11.0. The Labute approximate surface area is 106 Å². The number of nitrogens with two attached hydrogens (primary N) is 1. The second-order valence-electron chi connectivity index (χ2n) is 3.95. The van der Waals surface area contributed by atoms with Gasteiger partial charge in [-0.2, -0.15) is 0 Å². The monoisotopic (exact) mass is 256 g/mol. The largest absolute Gasteiger partial charge is 0.398 e. The number of methoxy groups -OCH3 is 1. The number of nitrogens with zero attached hydrogens (tertiary/aromatic N) is 1. The first kappa shape index (κ1) is 13.8. The van der Waals surface area contributed by atoms with Crippen LogP contribution >= 0.6 is 11.6 Å². The molecule has 0 spiro atoms. The van der Waals surface area contributed by atoms with E-state index in [-0.39, 0.29) is 11.9 Å². The van der Waals surface area contributed by atoms with Crippen molar-refractivity contribution in [2.24, 2.45) is 0 Å². The van der Waals surface area contributed by atoms with Crippen molar-refractivity contribution in [3.05, 3.63) is 28.8 Å². The van der Waals surface area contributed by atoms with Gasteiger partial charge in [-0.3, -0.25) is 4.79 Å². The molecule has 0 radical (unpaired) electrons. The molecule has 4 nitrogen and oxygen atoms in total. The maximum Gasteiger partial charge on any atom is 0.256 e. The van der Waals surface area contributed by atoms with Gasteiger partial charge in [-0.15, -0.1) is 0 Å². The smallest absolute Gasteiger partial charge is 0.256 e. The van der Waals surface area contributed by atoms with Crippen LogP contribution in [0.15, 0.2) is 18.2 Å². The maximum atomic E-state index is 12.2. The Morgan fingerprint density at radius 2 is 2.24 bits per heavy atom. The molecule has 0 saturated carbocycles. The first-order chi connectivity index (χ1) is 7.97. The Morgan fingerprint density at radius 3 is 2.82 bits per heavy atom.